The van der Waals surface area contributed by atoms with Gasteiger partial charge in [-0.05, 0) is 0 Å². The van der Waals surface area contributed by atoms with Gasteiger partial charge in [0.15, 0.2) is 0 Å². The largest absolute Gasteiger partial charge is 0.345 e. The first-order valence-corrected chi connectivity index (χ1v) is 3.16. The summed E-state index contributed by atoms with van der Waals surface area (Å²) in [5, 5.41) is 2.86. The average molecular weight is 146 g/mol. The van der Waals surface area contributed by atoms with E-state index in [0.717, 1.165) is 17.1 Å². The van der Waals surface area contributed by atoms with E-state index in [1.165, 1.54) is 6.33 Å². The predicted octanol–water partition coefficient (Wildman–Crippen LogP) is 0.710. The van der Waals surface area contributed by atoms with Gasteiger partial charge in [0, 0.05) is 0 Å². The normalized spacial score (nSPS) is 14.0. The van der Waals surface area contributed by atoms with E-state index in [4.69, 9.17) is 0 Å². The Kier molecular flexibility index (Phi) is 1.18. The van der Waals surface area contributed by atoms with Crippen molar-refractivity contribution in [3.8, 4) is 0 Å². The topological polar surface area (TPSA) is 50.2 Å². The summed E-state index contributed by atoms with van der Waals surface area (Å²) in [6.45, 7) is 3.76. The van der Waals surface area contributed by atoms with Crippen molar-refractivity contribution in [2.45, 2.75) is 0 Å². The zero-order valence-electron chi connectivity index (χ0n) is 5.78. The number of rotatable bonds is 0. The molecule has 0 spiro atoms. The molecule has 1 aromatic rings. The van der Waals surface area contributed by atoms with Crippen LogP contribution in [0.4, 0.5) is 5.69 Å². The van der Waals surface area contributed by atoms with E-state index >= 15 is 0 Å². The maximum Gasteiger partial charge on any atom is 0.116 e. The minimum Gasteiger partial charge on any atom is -0.345 e. The van der Waals surface area contributed by atoms with Crippen LogP contribution in [0, 0.1) is 0 Å². The van der Waals surface area contributed by atoms with Crippen LogP contribution in [0.5, 0.6) is 0 Å². The van der Waals surface area contributed by atoms with Crippen LogP contribution < -0.4 is 5.32 Å². The summed E-state index contributed by atoms with van der Waals surface area (Å²) in [5.41, 5.74) is 2.29. The molecule has 1 aliphatic rings. The monoisotopic (exact) mass is 146 g/mol. The highest BCUT2D eigenvalue weighted by Crippen LogP contribution is 2.21. The molecule has 1 aromatic heterocycles. The predicted molar refractivity (Wildman–Crippen MR) is 42.4 cm³/mol. The fourth-order valence-electron chi connectivity index (χ4n) is 0.897. The van der Waals surface area contributed by atoms with Gasteiger partial charge in [0.1, 0.15) is 17.7 Å². The first-order chi connectivity index (χ1) is 5.38. The van der Waals surface area contributed by atoms with Crippen LogP contribution in [0.15, 0.2) is 24.1 Å². The Hall–Kier alpha value is -1.71. The Morgan fingerprint density at radius 2 is 2.36 bits per heavy atom. The molecular weight excluding hydrogens is 140 g/mol. The lowest BCUT2D eigenvalue weighted by molar-refractivity contribution is 1.09. The lowest BCUT2D eigenvalue weighted by Gasteiger charge is -2.10. The van der Waals surface area contributed by atoms with Gasteiger partial charge in [-0.1, -0.05) is 6.58 Å². The number of nitrogens with zero attached hydrogens (tertiary/aromatic N) is 3. The first-order valence-electron chi connectivity index (χ1n) is 3.16. The molecule has 4 heteroatoms. The molecule has 11 heavy (non-hydrogen) atoms. The van der Waals surface area contributed by atoms with Gasteiger partial charge in [0.25, 0.3) is 0 Å². The molecule has 0 unspecified atom stereocenters. The van der Waals surface area contributed by atoms with Gasteiger partial charge < -0.3 is 5.32 Å². The third-order valence-electron chi connectivity index (χ3n) is 1.42. The maximum atomic E-state index is 4.02. The highest BCUT2D eigenvalue weighted by molar-refractivity contribution is 5.83. The number of nitrogens with one attached hydrogen (secondary N) is 1. The summed E-state index contributed by atoms with van der Waals surface area (Å²) in [6.07, 6.45) is 4.71. The fourth-order valence-corrected chi connectivity index (χ4v) is 0.897. The molecule has 0 fully saturated rings. The Labute approximate surface area is 63.7 Å². The molecule has 2 heterocycles. The molecule has 4 nitrogen and oxygen atoms in total. The highest BCUT2D eigenvalue weighted by atomic mass is 15.0. The SMILES string of the molecule is C=C1NC=Nc2cncnc21. The molecule has 54 valence electrons. The minimum absolute atomic E-state index is 0.760. The van der Waals surface area contributed by atoms with Gasteiger partial charge >= 0.3 is 0 Å². The third-order valence-corrected chi connectivity index (χ3v) is 1.42. The van der Waals surface area contributed by atoms with E-state index < -0.39 is 0 Å². The standard InChI is InChI=1S/C7H6N4/c1-5-7-6(10-4-9-5)2-8-3-11-7/h2-4H,1H2,(H,9,10). The van der Waals surface area contributed by atoms with E-state index in [9.17, 15) is 0 Å². The van der Waals surface area contributed by atoms with Crippen molar-refractivity contribution in [2.75, 3.05) is 0 Å². The van der Waals surface area contributed by atoms with Crippen molar-refractivity contribution in [3.63, 3.8) is 0 Å². The average Bonchev–Trinajstić information content (AvgIpc) is 2.06. The molecule has 0 aromatic carbocycles. The van der Waals surface area contributed by atoms with Gasteiger partial charge in [0.05, 0.1) is 18.2 Å². The highest BCUT2D eigenvalue weighted by Gasteiger charge is 2.08. The van der Waals surface area contributed by atoms with Gasteiger partial charge in [-0.2, -0.15) is 0 Å². The van der Waals surface area contributed by atoms with Crippen LogP contribution in [0.2, 0.25) is 0 Å². The maximum absolute atomic E-state index is 4.02. The lowest BCUT2D eigenvalue weighted by Crippen LogP contribution is -2.13. The molecule has 0 aliphatic carbocycles. The summed E-state index contributed by atoms with van der Waals surface area (Å²) in [6, 6.07) is 0. The quantitative estimate of drug-likeness (QED) is 0.586. The second kappa shape index (κ2) is 2.16. The van der Waals surface area contributed by atoms with Gasteiger partial charge in [-0.25, -0.2) is 15.0 Å². The van der Waals surface area contributed by atoms with Crippen LogP contribution in [0.3, 0.4) is 0 Å². The van der Waals surface area contributed by atoms with Gasteiger partial charge in [0.2, 0.25) is 0 Å². The molecule has 0 atom stereocenters. The minimum atomic E-state index is 0.760. The molecule has 0 amide bonds. The van der Waals surface area contributed by atoms with Crippen molar-refractivity contribution in [3.05, 3.63) is 24.8 Å². The van der Waals surface area contributed by atoms with Crippen LogP contribution in [0.25, 0.3) is 5.70 Å². The van der Waals surface area contributed by atoms with Crippen molar-refractivity contribution >= 4 is 17.7 Å². The van der Waals surface area contributed by atoms with E-state index in [2.05, 4.69) is 26.9 Å². The third kappa shape index (κ3) is 0.881. The summed E-state index contributed by atoms with van der Waals surface area (Å²) >= 11 is 0. The molecule has 0 saturated carbocycles. The van der Waals surface area contributed by atoms with Crippen molar-refractivity contribution in [1.82, 2.24) is 15.3 Å². The van der Waals surface area contributed by atoms with Gasteiger partial charge in [-0.3, -0.25) is 0 Å². The summed E-state index contributed by atoms with van der Waals surface area (Å²) in [5.74, 6) is 0. The second-order valence-electron chi connectivity index (χ2n) is 2.14. The molecule has 1 N–H and O–H groups in total. The molecule has 2 rings (SSSR count). The number of hydrogen-bond donors (Lipinski definition) is 1. The van der Waals surface area contributed by atoms with E-state index in [1.807, 2.05) is 0 Å². The van der Waals surface area contributed by atoms with Crippen molar-refractivity contribution in [1.29, 1.82) is 0 Å². The summed E-state index contributed by atoms with van der Waals surface area (Å²) in [4.78, 5) is 11.9. The fraction of sp³-hybridized carbons (Fsp3) is 0. The summed E-state index contributed by atoms with van der Waals surface area (Å²) < 4.78 is 0. The number of hydrogen-bond acceptors (Lipinski definition) is 4. The smallest absolute Gasteiger partial charge is 0.116 e. The Bertz CT molecular complexity index is 329. The van der Waals surface area contributed by atoms with Crippen molar-refractivity contribution < 1.29 is 0 Å². The lowest BCUT2D eigenvalue weighted by atomic mass is 10.2. The van der Waals surface area contributed by atoms with Crippen molar-refractivity contribution in [2.24, 2.45) is 4.99 Å². The molecule has 0 saturated heterocycles. The zero-order chi connectivity index (χ0) is 7.68. The summed E-state index contributed by atoms with van der Waals surface area (Å²) in [7, 11) is 0. The molecular formula is C7H6N4. The van der Waals surface area contributed by atoms with E-state index in [-0.39, 0.29) is 0 Å². The molecule has 1 aliphatic heterocycles. The Balaban J connectivity index is 2.63. The first kappa shape index (κ1) is 6.03. The number of aliphatic imine (C=N–C) groups is 1. The Morgan fingerprint density at radius 3 is 3.18 bits per heavy atom. The van der Waals surface area contributed by atoms with Crippen LogP contribution in [-0.2, 0) is 0 Å². The molecule has 0 radical (unpaired) electrons. The zero-order valence-corrected chi connectivity index (χ0v) is 5.78. The Morgan fingerprint density at radius 1 is 1.45 bits per heavy atom. The van der Waals surface area contributed by atoms with Gasteiger partial charge in [-0.15, -0.1) is 0 Å². The van der Waals surface area contributed by atoms with Crippen LogP contribution >= 0.6 is 0 Å². The van der Waals surface area contributed by atoms with Crippen LogP contribution in [0.1, 0.15) is 5.69 Å². The second-order valence-corrected chi connectivity index (χ2v) is 2.14. The van der Waals surface area contributed by atoms with E-state index in [1.54, 1.807) is 12.5 Å². The number of aromatic nitrogens is 2. The van der Waals surface area contributed by atoms with Crippen LogP contribution in [-0.4, -0.2) is 16.3 Å². The molecule has 0 bridgehead atoms. The van der Waals surface area contributed by atoms with E-state index in [0.29, 0.717) is 0 Å². The number of fused-ring (bicyclic) bond motifs is 1.